The second-order valence-corrected chi connectivity index (χ2v) is 3.48. The van der Waals surface area contributed by atoms with E-state index in [0.29, 0.717) is 12.5 Å². The second-order valence-electron chi connectivity index (χ2n) is 3.48. The van der Waals surface area contributed by atoms with Gasteiger partial charge in [0.15, 0.2) is 0 Å². The number of hydrogen-bond acceptors (Lipinski definition) is 3. The van der Waals surface area contributed by atoms with Crippen LogP contribution in [0, 0.1) is 0 Å². The van der Waals surface area contributed by atoms with E-state index in [1.54, 1.807) is 0 Å². The number of rotatable bonds is 4. The molecule has 0 radical (unpaired) electrons. The van der Waals surface area contributed by atoms with Crippen LogP contribution in [0.3, 0.4) is 0 Å². The Morgan fingerprint density at radius 1 is 1.50 bits per heavy atom. The lowest BCUT2D eigenvalue weighted by Crippen LogP contribution is -2.17. The zero-order chi connectivity index (χ0) is 10.2. The van der Waals surface area contributed by atoms with E-state index in [0.717, 1.165) is 19.4 Å². The molecule has 0 spiro atoms. The Hall–Kier alpha value is -0.830. The Morgan fingerprint density at radius 2 is 2.36 bits per heavy atom. The van der Waals surface area contributed by atoms with Crippen LogP contribution in [0.1, 0.15) is 32.1 Å². The van der Waals surface area contributed by atoms with Crippen LogP contribution in [-0.2, 0) is 14.3 Å². The minimum atomic E-state index is -0.189. The molecule has 3 heteroatoms. The monoisotopic (exact) mass is 198 g/mol. The quantitative estimate of drug-likeness (QED) is 0.512. The highest BCUT2D eigenvalue weighted by molar-refractivity contribution is 5.70. The summed E-state index contributed by atoms with van der Waals surface area (Å²) in [7, 11) is 1.40. The summed E-state index contributed by atoms with van der Waals surface area (Å²) < 4.78 is 10.1. The summed E-state index contributed by atoms with van der Waals surface area (Å²) in [6.45, 7) is 0.884. The van der Waals surface area contributed by atoms with Gasteiger partial charge in [-0.05, 0) is 25.7 Å². The minimum Gasteiger partial charge on any atom is -0.469 e. The number of esters is 1. The SMILES string of the molecule is COC(=O)C/C=C\CC1CCCCO1. The molecule has 0 aromatic rings. The summed E-state index contributed by atoms with van der Waals surface area (Å²) in [5.74, 6) is -0.189. The van der Waals surface area contributed by atoms with Crippen molar-refractivity contribution in [2.45, 2.75) is 38.2 Å². The normalized spacial score (nSPS) is 22.5. The Kier molecular flexibility index (Phi) is 5.30. The van der Waals surface area contributed by atoms with Gasteiger partial charge in [0.2, 0.25) is 0 Å². The summed E-state index contributed by atoms with van der Waals surface area (Å²) in [6, 6.07) is 0. The van der Waals surface area contributed by atoms with Gasteiger partial charge in [-0.2, -0.15) is 0 Å². The summed E-state index contributed by atoms with van der Waals surface area (Å²) >= 11 is 0. The molecule has 1 aliphatic heterocycles. The molecule has 0 N–H and O–H groups in total. The molecule has 1 saturated heterocycles. The van der Waals surface area contributed by atoms with E-state index in [1.807, 2.05) is 12.2 Å². The molecule has 0 aromatic heterocycles. The van der Waals surface area contributed by atoms with Crippen molar-refractivity contribution in [3.05, 3.63) is 12.2 Å². The molecule has 1 heterocycles. The van der Waals surface area contributed by atoms with Crippen molar-refractivity contribution < 1.29 is 14.3 Å². The largest absolute Gasteiger partial charge is 0.469 e. The maximum atomic E-state index is 10.8. The Labute approximate surface area is 85.1 Å². The van der Waals surface area contributed by atoms with Crippen LogP contribution in [0.15, 0.2) is 12.2 Å². The molecular weight excluding hydrogens is 180 g/mol. The fraction of sp³-hybridized carbons (Fsp3) is 0.727. The molecule has 1 rings (SSSR count). The molecule has 1 atom stereocenters. The van der Waals surface area contributed by atoms with Crippen molar-refractivity contribution in [2.75, 3.05) is 13.7 Å². The summed E-state index contributed by atoms with van der Waals surface area (Å²) in [5.41, 5.74) is 0. The van der Waals surface area contributed by atoms with Crippen LogP contribution in [0.5, 0.6) is 0 Å². The lowest BCUT2D eigenvalue weighted by molar-refractivity contribution is -0.139. The molecule has 80 valence electrons. The molecule has 1 fully saturated rings. The fourth-order valence-corrected chi connectivity index (χ4v) is 1.50. The second kappa shape index (κ2) is 6.60. The van der Waals surface area contributed by atoms with Crippen molar-refractivity contribution >= 4 is 5.97 Å². The van der Waals surface area contributed by atoms with E-state index in [2.05, 4.69) is 4.74 Å². The molecule has 1 unspecified atom stereocenters. The molecule has 1 aliphatic rings. The van der Waals surface area contributed by atoms with Crippen molar-refractivity contribution in [3.8, 4) is 0 Å². The van der Waals surface area contributed by atoms with Crippen LogP contribution in [-0.4, -0.2) is 25.8 Å². The van der Waals surface area contributed by atoms with Gasteiger partial charge in [0, 0.05) is 6.61 Å². The molecule has 0 bridgehead atoms. The molecule has 0 amide bonds. The van der Waals surface area contributed by atoms with Gasteiger partial charge in [-0.1, -0.05) is 12.2 Å². The van der Waals surface area contributed by atoms with E-state index in [-0.39, 0.29) is 5.97 Å². The van der Waals surface area contributed by atoms with Gasteiger partial charge >= 0.3 is 5.97 Å². The molecule has 0 aromatic carbocycles. The average molecular weight is 198 g/mol. The zero-order valence-electron chi connectivity index (χ0n) is 8.70. The first kappa shape index (κ1) is 11.2. The first-order chi connectivity index (χ1) is 6.83. The highest BCUT2D eigenvalue weighted by atomic mass is 16.5. The van der Waals surface area contributed by atoms with Crippen molar-refractivity contribution in [1.82, 2.24) is 0 Å². The van der Waals surface area contributed by atoms with Crippen molar-refractivity contribution in [3.63, 3.8) is 0 Å². The van der Waals surface area contributed by atoms with Crippen molar-refractivity contribution in [2.24, 2.45) is 0 Å². The minimum absolute atomic E-state index is 0.189. The predicted octanol–water partition coefficient (Wildman–Crippen LogP) is 2.06. The number of carbonyl (C=O) groups is 1. The van der Waals surface area contributed by atoms with Crippen molar-refractivity contribution in [1.29, 1.82) is 0 Å². The maximum Gasteiger partial charge on any atom is 0.309 e. The Morgan fingerprint density at radius 3 is 3.00 bits per heavy atom. The van der Waals surface area contributed by atoms with Gasteiger partial charge in [-0.25, -0.2) is 0 Å². The molecular formula is C11H18O3. The topological polar surface area (TPSA) is 35.5 Å². The third-order valence-corrected chi connectivity index (χ3v) is 2.35. The molecule has 3 nitrogen and oxygen atoms in total. The van der Waals surface area contributed by atoms with Gasteiger partial charge in [-0.15, -0.1) is 0 Å². The number of ether oxygens (including phenoxy) is 2. The number of hydrogen-bond donors (Lipinski definition) is 0. The van der Waals surface area contributed by atoms with E-state index in [9.17, 15) is 4.79 Å². The van der Waals surface area contributed by atoms with Gasteiger partial charge in [0.05, 0.1) is 19.6 Å². The van der Waals surface area contributed by atoms with Gasteiger partial charge < -0.3 is 9.47 Å². The third kappa shape index (κ3) is 4.42. The van der Waals surface area contributed by atoms with E-state index < -0.39 is 0 Å². The average Bonchev–Trinajstić information content (AvgIpc) is 2.25. The fourth-order valence-electron chi connectivity index (χ4n) is 1.50. The van der Waals surface area contributed by atoms with Crippen LogP contribution < -0.4 is 0 Å². The van der Waals surface area contributed by atoms with Gasteiger partial charge in [-0.3, -0.25) is 4.79 Å². The first-order valence-corrected chi connectivity index (χ1v) is 5.16. The van der Waals surface area contributed by atoms with E-state index >= 15 is 0 Å². The third-order valence-electron chi connectivity index (χ3n) is 2.35. The van der Waals surface area contributed by atoms with Crippen LogP contribution in [0.4, 0.5) is 0 Å². The Bertz CT molecular complexity index is 193. The first-order valence-electron chi connectivity index (χ1n) is 5.16. The maximum absolute atomic E-state index is 10.8. The highest BCUT2D eigenvalue weighted by Crippen LogP contribution is 2.15. The summed E-state index contributed by atoms with van der Waals surface area (Å²) in [5, 5.41) is 0. The lowest BCUT2D eigenvalue weighted by Gasteiger charge is -2.20. The van der Waals surface area contributed by atoms with Crippen LogP contribution in [0.25, 0.3) is 0 Å². The zero-order valence-corrected chi connectivity index (χ0v) is 8.70. The van der Waals surface area contributed by atoms with E-state index in [1.165, 1.54) is 20.0 Å². The number of carbonyl (C=O) groups excluding carboxylic acids is 1. The smallest absolute Gasteiger partial charge is 0.309 e. The highest BCUT2D eigenvalue weighted by Gasteiger charge is 2.11. The molecule has 0 saturated carbocycles. The van der Waals surface area contributed by atoms with E-state index in [4.69, 9.17) is 4.74 Å². The van der Waals surface area contributed by atoms with Gasteiger partial charge in [0.1, 0.15) is 0 Å². The standard InChI is InChI=1S/C11H18O3/c1-13-11(12)8-3-2-6-10-7-4-5-9-14-10/h2-3,10H,4-9H2,1H3/b3-2-. The summed E-state index contributed by atoms with van der Waals surface area (Å²) in [6.07, 6.45) is 9.08. The predicted molar refractivity (Wildman–Crippen MR) is 54.0 cm³/mol. The Balaban J connectivity index is 2.09. The molecule has 0 aliphatic carbocycles. The van der Waals surface area contributed by atoms with Gasteiger partial charge in [0.25, 0.3) is 0 Å². The number of methoxy groups -OCH3 is 1. The van der Waals surface area contributed by atoms with Crippen LogP contribution in [0.2, 0.25) is 0 Å². The summed E-state index contributed by atoms with van der Waals surface area (Å²) in [4.78, 5) is 10.8. The molecule has 14 heavy (non-hydrogen) atoms. The lowest BCUT2D eigenvalue weighted by atomic mass is 10.1. The van der Waals surface area contributed by atoms with Crippen LogP contribution >= 0.6 is 0 Å².